The van der Waals surface area contributed by atoms with Crippen LogP contribution in [-0.2, 0) is 4.74 Å². The van der Waals surface area contributed by atoms with Gasteiger partial charge in [-0.15, -0.1) is 0 Å². The van der Waals surface area contributed by atoms with E-state index in [1.807, 2.05) is 42.5 Å². The molecule has 0 saturated heterocycles. The zero-order chi connectivity index (χ0) is 21.1. The molecule has 6 heteroatoms. The molecular weight excluding hydrogens is 390 g/mol. The fourth-order valence-corrected chi connectivity index (χ4v) is 3.48. The quantitative estimate of drug-likeness (QED) is 0.436. The van der Waals surface area contributed by atoms with Gasteiger partial charge in [-0.3, -0.25) is 4.79 Å². The van der Waals surface area contributed by atoms with E-state index < -0.39 is 12.1 Å². The molecule has 1 N–H and O–H groups in total. The van der Waals surface area contributed by atoms with Gasteiger partial charge in [0.05, 0.1) is 23.4 Å². The molecule has 0 radical (unpaired) electrons. The number of benzene rings is 2. The maximum atomic E-state index is 12.9. The minimum absolute atomic E-state index is 0.274. The lowest BCUT2D eigenvalue weighted by Crippen LogP contribution is -2.25. The predicted molar refractivity (Wildman–Crippen MR) is 113 cm³/mol. The second kappa shape index (κ2) is 8.53. The van der Waals surface area contributed by atoms with E-state index in [1.165, 1.54) is 7.11 Å². The number of halogens is 1. The van der Waals surface area contributed by atoms with Gasteiger partial charge in [0.15, 0.2) is 6.10 Å². The number of nitrogens with one attached hydrogen (secondary N) is 1. The van der Waals surface area contributed by atoms with Crippen molar-refractivity contribution < 1.29 is 19.1 Å². The Morgan fingerprint density at radius 2 is 1.72 bits per heavy atom. The maximum Gasteiger partial charge on any atom is 0.339 e. The van der Waals surface area contributed by atoms with Crippen LogP contribution in [0.2, 0.25) is 5.02 Å². The summed E-state index contributed by atoms with van der Waals surface area (Å²) in [6.45, 7) is 5.08. The molecule has 3 rings (SSSR count). The first-order valence-electron chi connectivity index (χ1n) is 9.16. The van der Waals surface area contributed by atoms with Crippen LogP contribution >= 0.6 is 11.6 Å². The van der Waals surface area contributed by atoms with E-state index in [-0.39, 0.29) is 5.78 Å². The minimum Gasteiger partial charge on any atom is -0.481 e. The number of methoxy groups -OCH3 is 1. The number of carbonyl (C=O) groups excluding carboxylic acids is 2. The van der Waals surface area contributed by atoms with E-state index in [0.717, 1.165) is 11.1 Å². The van der Waals surface area contributed by atoms with Gasteiger partial charge in [-0.05, 0) is 49.6 Å². The molecule has 29 heavy (non-hydrogen) atoms. The number of Topliss-reactive ketones (excluding diaryl/α,β-unsaturated/α-hetero) is 1. The fourth-order valence-electron chi connectivity index (χ4n) is 3.26. The van der Waals surface area contributed by atoms with Crippen LogP contribution in [-0.4, -0.2) is 30.0 Å². The van der Waals surface area contributed by atoms with E-state index >= 15 is 0 Å². The summed E-state index contributed by atoms with van der Waals surface area (Å²) >= 11 is 6.39. The SMILES string of the molecule is COC(=O)c1c(C)[nH]c(C(=O)[C@H](C)Oc2ccc(-c3ccccc3)cc2Cl)c1C. The highest BCUT2D eigenvalue weighted by Gasteiger charge is 2.26. The van der Waals surface area contributed by atoms with Crippen molar-refractivity contribution in [2.45, 2.75) is 26.9 Å². The molecule has 2 aromatic carbocycles. The van der Waals surface area contributed by atoms with E-state index in [4.69, 9.17) is 21.1 Å². The maximum absolute atomic E-state index is 12.9. The van der Waals surface area contributed by atoms with Crippen molar-refractivity contribution in [2.75, 3.05) is 7.11 Å². The monoisotopic (exact) mass is 411 g/mol. The smallest absolute Gasteiger partial charge is 0.339 e. The highest BCUT2D eigenvalue weighted by molar-refractivity contribution is 6.32. The summed E-state index contributed by atoms with van der Waals surface area (Å²) < 4.78 is 10.6. The summed E-state index contributed by atoms with van der Waals surface area (Å²) in [5.41, 5.74) is 3.81. The lowest BCUT2D eigenvalue weighted by molar-refractivity contribution is 0.0599. The molecule has 5 nitrogen and oxygen atoms in total. The highest BCUT2D eigenvalue weighted by Crippen LogP contribution is 2.31. The standard InChI is InChI=1S/C23H22ClNO4/c1-13-20(23(27)28-4)14(2)25-21(13)22(26)15(3)29-19-11-10-17(12-18(19)24)16-8-6-5-7-9-16/h5-12,15,25H,1-4H3/t15-/m0/s1. The van der Waals surface area contributed by atoms with Gasteiger partial charge in [0, 0.05) is 5.69 Å². The highest BCUT2D eigenvalue weighted by atomic mass is 35.5. The number of ether oxygens (including phenoxy) is 2. The first-order chi connectivity index (χ1) is 13.8. The van der Waals surface area contributed by atoms with E-state index in [0.29, 0.717) is 33.3 Å². The minimum atomic E-state index is -0.794. The molecular formula is C23H22ClNO4. The molecule has 0 bridgehead atoms. The van der Waals surface area contributed by atoms with Crippen molar-refractivity contribution in [3.05, 3.63) is 76.1 Å². The molecule has 1 heterocycles. The van der Waals surface area contributed by atoms with Gasteiger partial charge >= 0.3 is 5.97 Å². The Bertz CT molecular complexity index is 1060. The lowest BCUT2D eigenvalue weighted by atomic mass is 10.1. The number of carbonyl (C=O) groups is 2. The number of aryl methyl sites for hydroxylation is 1. The van der Waals surface area contributed by atoms with Crippen molar-refractivity contribution in [3.63, 3.8) is 0 Å². The molecule has 0 fully saturated rings. The summed E-state index contributed by atoms with van der Waals surface area (Å²) in [6, 6.07) is 15.3. The lowest BCUT2D eigenvalue weighted by Gasteiger charge is -2.15. The first kappa shape index (κ1) is 20.7. The Hall–Kier alpha value is -3.05. The van der Waals surface area contributed by atoms with Crippen LogP contribution < -0.4 is 4.74 Å². The Morgan fingerprint density at radius 1 is 1.03 bits per heavy atom. The van der Waals surface area contributed by atoms with Crippen LogP contribution in [0, 0.1) is 13.8 Å². The molecule has 0 spiro atoms. The summed E-state index contributed by atoms with van der Waals surface area (Å²) in [4.78, 5) is 27.8. The third-order valence-corrected chi connectivity index (χ3v) is 5.08. The van der Waals surface area contributed by atoms with Crippen LogP contribution in [0.25, 0.3) is 11.1 Å². The Balaban J connectivity index is 1.81. The van der Waals surface area contributed by atoms with Crippen LogP contribution in [0.4, 0.5) is 0 Å². The van der Waals surface area contributed by atoms with Crippen molar-refractivity contribution in [1.82, 2.24) is 4.98 Å². The molecule has 1 aromatic heterocycles. The normalized spacial score (nSPS) is 11.8. The largest absolute Gasteiger partial charge is 0.481 e. The van der Waals surface area contributed by atoms with Crippen molar-refractivity contribution in [2.24, 2.45) is 0 Å². The van der Waals surface area contributed by atoms with Gasteiger partial charge in [0.1, 0.15) is 5.75 Å². The molecule has 0 aliphatic rings. The van der Waals surface area contributed by atoms with Gasteiger partial charge in [-0.1, -0.05) is 48.0 Å². The molecule has 0 amide bonds. The number of H-pyrrole nitrogens is 1. The number of hydrogen-bond acceptors (Lipinski definition) is 4. The zero-order valence-corrected chi connectivity index (χ0v) is 17.5. The molecule has 150 valence electrons. The average molecular weight is 412 g/mol. The van der Waals surface area contributed by atoms with Crippen LogP contribution in [0.1, 0.15) is 39.0 Å². The molecule has 0 aliphatic heterocycles. The predicted octanol–water partition coefficient (Wildman–Crippen LogP) is 5.39. The molecule has 3 aromatic rings. The molecule has 0 unspecified atom stereocenters. The number of esters is 1. The van der Waals surface area contributed by atoms with E-state index in [9.17, 15) is 9.59 Å². The van der Waals surface area contributed by atoms with Gasteiger partial charge in [-0.2, -0.15) is 0 Å². The Kier molecular flexibility index (Phi) is 6.09. The third-order valence-electron chi connectivity index (χ3n) is 4.79. The fraction of sp³-hybridized carbons (Fsp3) is 0.217. The van der Waals surface area contributed by atoms with Gasteiger partial charge in [0.2, 0.25) is 5.78 Å². The van der Waals surface area contributed by atoms with Crippen LogP contribution in [0.5, 0.6) is 5.75 Å². The molecule has 0 aliphatic carbocycles. The Morgan fingerprint density at radius 3 is 2.34 bits per heavy atom. The van der Waals surface area contributed by atoms with E-state index in [2.05, 4.69) is 4.98 Å². The number of ketones is 1. The summed E-state index contributed by atoms with van der Waals surface area (Å²) in [5, 5.41) is 0.417. The second-order valence-electron chi connectivity index (χ2n) is 6.75. The molecule has 0 saturated carbocycles. The summed E-state index contributed by atoms with van der Waals surface area (Å²) in [5.74, 6) is -0.339. The third kappa shape index (κ3) is 4.20. The summed E-state index contributed by atoms with van der Waals surface area (Å²) in [7, 11) is 1.31. The number of rotatable bonds is 6. The average Bonchev–Trinajstić information content (AvgIpc) is 3.02. The van der Waals surface area contributed by atoms with Gasteiger partial charge < -0.3 is 14.5 Å². The van der Waals surface area contributed by atoms with Crippen LogP contribution in [0.15, 0.2) is 48.5 Å². The van der Waals surface area contributed by atoms with Crippen molar-refractivity contribution in [3.8, 4) is 16.9 Å². The van der Waals surface area contributed by atoms with Gasteiger partial charge in [0.25, 0.3) is 0 Å². The van der Waals surface area contributed by atoms with Crippen LogP contribution in [0.3, 0.4) is 0 Å². The summed E-state index contributed by atoms with van der Waals surface area (Å²) in [6.07, 6.45) is -0.794. The topological polar surface area (TPSA) is 68.4 Å². The van der Waals surface area contributed by atoms with Crippen molar-refractivity contribution >= 4 is 23.4 Å². The Labute approximate surface area is 174 Å². The number of aromatic amines is 1. The number of hydrogen-bond donors (Lipinski definition) is 1. The van der Waals surface area contributed by atoms with E-state index in [1.54, 1.807) is 26.8 Å². The first-order valence-corrected chi connectivity index (χ1v) is 9.54. The van der Waals surface area contributed by atoms with Gasteiger partial charge in [-0.25, -0.2) is 4.79 Å². The molecule has 1 atom stereocenters. The second-order valence-corrected chi connectivity index (χ2v) is 7.16. The van der Waals surface area contributed by atoms with Crippen molar-refractivity contribution in [1.29, 1.82) is 0 Å². The zero-order valence-electron chi connectivity index (χ0n) is 16.7. The number of aromatic nitrogens is 1.